The number of aromatic nitrogens is 1. The van der Waals surface area contributed by atoms with Crippen molar-refractivity contribution >= 4 is 34.0 Å². The molecule has 6 nitrogen and oxygen atoms in total. The van der Waals surface area contributed by atoms with Gasteiger partial charge in [0, 0.05) is 52.3 Å². The smallest absolute Gasteiger partial charge is 0.253 e. The first kappa shape index (κ1) is 22.3. The normalized spacial score (nSPS) is 14.9. The zero-order valence-corrected chi connectivity index (χ0v) is 19.7. The van der Waals surface area contributed by atoms with Gasteiger partial charge in [0.1, 0.15) is 11.5 Å². The number of hydrogen-bond acceptors (Lipinski definition) is 4. The molecule has 1 aliphatic rings. The number of rotatable bonds is 4. The van der Waals surface area contributed by atoms with E-state index in [1.54, 1.807) is 12.1 Å². The molecule has 2 N–H and O–H groups in total. The number of hydrogen-bond donors (Lipinski definition) is 2. The lowest BCUT2D eigenvalue weighted by atomic mass is 10.0. The number of carbonyl (C=O) groups excluding carboxylic acids is 1. The second kappa shape index (κ2) is 9.05. The van der Waals surface area contributed by atoms with Crippen LogP contribution >= 0.6 is 11.6 Å². The number of furan rings is 1. The van der Waals surface area contributed by atoms with E-state index in [-0.39, 0.29) is 11.8 Å². The number of halogens is 1. The fourth-order valence-corrected chi connectivity index (χ4v) is 4.62. The number of nitrogens with one attached hydrogen (secondary N) is 1. The molecule has 2 aromatic carbocycles. The van der Waals surface area contributed by atoms with E-state index >= 15 is 0 Å². The summed E-state index contributed by atoms with van der Waals surface area (Å²) in [5.74, 6) is 1.27. The van der Waals surface area contributed by atoms with E-state index in [1.807, 2.05) is 47.4 Å². The maximum absolute atomic E-state index is 12.9. The SMILES string of the molecule is C=C(c1ccc(-c2ccc(C(=O)N3CCCN(C)CC3)cc2)o1)c1c(O)[nH]c2ccc(Cl)cc12. The lowest BCUT2D eigenvalue weighted by Gasteiger charge is -2.20. The van der Waals surface area contributed by atoms with Gasteiger partial charge in [-0.1, -0.05) is 30.3 Å². The number of fused-ring (bicyclic) bond motifs is 1. The van der Waals surface area contributed by atoms with Gasteiger partial charge in [-0.3, -0.25) is 4.79 Å². The van der Waals surface area contributed by atoms with Crippen molar-refractivity contribution in [3.8, 4) is 17.2 Å². The fraction of sp³-hybridized carbons (Fsp3) is 0.222. The van der Waals surface area contributed by atoms with Crippen LogP contribution in [0.5, 0.6) is 5.88 Å². The minimum absolute atomic E-state index is 0.0165. The standard InChI is InChI=1S/C27H26ClN3O3/c1-17(25-21-16-20(28)8-9-22(21)29-26(25)32)23-10-11-24(34-23)18-4-6-19(7-5-18)27(33)31-13-3-12-30(2)14-15-31/h4-11,16,29,32H,1,3,12-15H2,2H3. The van der Waals surface area contributed by atoms with E-state index in [0.29, 0.717) is 33.2 Å². The van der Waals surface area contributed by atoms with Gasteiger partial charge in [-0.2, -0.15) is 0 Å². The Morgan fingerprint density at radius 1 is 1.06 bits per heavy atom. The third-order valence-electron chi connectivity index (χ3n) is 6.37. The molecule has 1 aliphatic heterocycles. The Kier molecular flexibility index (Phi) is 5.94. The van der Waals surface area contributed by atoms with Crippen LogP contribution in [0.15, 0.2) is 65.6 Å². The van der Waals surface area contributed by atoms with Gasteiger partial charge in [-0.15, -0.1) is 0 Å². The lowest BCUT2D eigenvalue weighted by Crippen LogP contribution is -2.34. The summed E-state index contributed by atoms with van der Waals surface area (Å²) in [4.78, 5) is 20.1. The molecule has 0 atom stereocenters. The second-order valence-corrected chi connectivity index (χ2v) is 9.14. The highest BCUT2D eigenvalue weighted by molar-refractivity contribution is 6.31. The molecule has 34 heavy (non-hydrogen) atoms. The summed E-state index contributed by atoms with van der Waals surface area (Å²) in [7, 11) is 2.09. The van der Waals surface area contributed by atoms with Crippen LogP contribution in [0.3, 0.4) is 0 Å². The van der Waals surface area contributed by atoms with Crippen LogP contribution in [0.2, 0.25) is 5.02 Å². The molecule has 1 amide bonds. The third kappa shape index (κ3) is 4.22. The summed E-state index contributed by atoms with van der Waals surface area (Å²) in [6, 6.07) is 16.5. The van der Waals surface area contributed by atoms with Crippen molar-refractivity contribution in [3.63, 3.8) is 0 Å². The van der Waals surface area contributed by atoms with E-state index in [9.17, 15) is 9.90 Å². The van der Waals surface area contributed by atoms with Crippen molar-refractivity contribution in [2.45, 2.75) is 6.42 Å². The number of likely N-dealkylation sites (N-methyl/N-ethyl adjacent to an activating group) is 1. The Bertz CT molecular complexity index is 1370. The predicted octanol–water partition coefficient (Wildman–Crippen LogP) is 5.63. The van der Waals surface area contributed by atoms with Gasteiger partial charge in [0.2, 0.25) is 0 Å². The van der Waals surface area contributed by atoms with Crippen LogP contribution in [-0.4, -0.2) is 59.0 Å². The predicted molar refractivity (Wildman–Crippen MR) is 135 cm³/mol. The Labute approximate surface area is 203 Å². The van der Waals surface area contributed by atoms with Crippen LogP contribution in [0, 0.1) is 0 Å². The van der Waals surface area contributed by atoms with Gasteiger partial charge in [0.25, 0.3) is 5.91 Å². The van der Waals surface area contributed by atoms with Gasteiger partial charge < -0.3 is 24.3 Å². The van der Waals surface area contributed by atoms with Crippen molar-refractivity contribution in [3.05, 3.63) is 83.1 Å². The maximum Gasteiger partial charge on any atom is 0.253 e. The average molecular weight is 476 g/mol. The van der Waals surface area contributed by atoms with Crippen LogP contribution < -0.4 is 0 Å². The zero-order chi connectivity index (χ0) is 23.8. The highest BCUT2D eigenvalue weighted by Crippen LogP contribution is 2.38. The van der Waals surface area contributed by atoms with E-state index < -0.39 is 0 Å². The number of carbonyl (C=O) groups is 1. The minimum atomic E-state index is 0.0165. The molecular formula is C27H26ClN3O3. The quantitative estimate of drug-likeness (QED) is 0.401. The number of H-pyrrole nitrogens is 1. The highest BCUT2D eigenvalue weighted by atomic mass is 35.5. The van der Waals surface area contributed by atoms with E-state index in [1.165, 1.54) is 0 Å². The van der Waals surface area contributed by atoms with Crippen LogP contribution in [0.25, 0.3) is 27.8 Å². The number of amides is 1. The Morgan fingerprint density at radius 3 is 2.65 bits per heavy atom. The van der Waals surface area contributed by atoms with Gasteiger partial charge in [0.05, 0.1) is 5.56 Å². The maximum atomic E-state index is 12.9. The van der Waals surface area contributed by atoms with E-state index in [2.05, 4.69) is 23.5 Å². The average Bonchev–Trinajstić information content (AvgIpc) is 3.38. The Morgan fingerprint density at radius 2 is 1.85 bits per heavy atom. The Hall–Kier alpha value is -3.48. The topological polar surface area (TPSA) is 72.7 Å². The summed E-state index contributed by atoms with van der Waals surface area (Å²) < 4.78 is 6.08. The lowest BCUT2D eigenvalue weighted by molar-refractivity contribution is 0.0763. The monoisotopic (exact) mass is 475 g/mol. The molecule has 0 bridgehead atoms. The zero-order valence-electron chi connectivity index (χ0n) is 19.0. The summed E-state index contributed by atoms with van der Waals surface area (Å²) in [5, 5.41) is 11.8. The summed E-state index contributed by atoms with van der Waals surface area (Å²) in [5.41, 5.74) is 3.40. The first-order chi connectivity index (χ1) is 16.4. The van der Waals surface area contributed by atoms with E-state index in [4.69, 9.17) is 16.0 Å². The van der Waals surface area contributed by atoms with Crippen molar-refractivity contribution in [1.82, 2.24) is 14.8 Å². The third-order valence-corrected chi connectivity index (χ3v) is 6.60. The van der Waals surface area contributed by atoms with Crippen LogP contribution in [0.4, 0.5) is 0 Å². The summed E-state index contributed by atoms with van der Waals surface area (Å²) in [6.07, 6.45) is 0.984. The first-order valence-corrected chi connectivity index (χ1v) is 11.7. The van der Waals surface area contributed by atoms with Crippen LogP contribution in [0.1, 0.15) is 28.1 Å². The summed E-state index contributed by atoms with van der Waals surface area (Å²) >= 11 is 6.16. The number of aromatic amines is 1. The molecule has 1 fully saturated rings. The summed E-state index contributed by atoms with van der Waals surface area (Å²) in [6.45, 7) is 7.57. The molecule has 2 aromatic heterocycles. The molecule has 0 radical (unpaired) electrons. The highest BCUT2D eigenvalue weighted by Gasteiger charge is 2.20. The molecule has 5 rings (SSSR count). The molecule has 0 spiro atoms. The van der Waals surface area contributed by atoms with Crippen LogP contribution in [-0.2, 0) is 0 Å². The largest absolute Gasteiger partial charge is 0.494 e. The number of benzene rings is 2. The molecule has 0 unspecified atom stereocenters. The van der Waals surface area contributed by atoms with Crippen molar-refractivity contribution in [2.24, 2.45) is 0 Å². The van der Waals surface area contributed by atoms with Crippen molar-refractivity contribution in [2.75, 3.05) is 33.2 Å². The molecule has 1 saturated heterocycles. The van der Waals surface area contributed by atoms with Gasteiger partial charge in [0.15, 0.2) is 5.88 Å². The van der Waals surface area contributed by atoms with Gasteiger partial charge in [-0.05, 0) is 62.5 Å². The first-order valence-electron chi connectivity index (χ1n) is 11.3. The van der Waals surface area contributed by atoms with Crippen molar-refractivity contribution < 1.29 is 14.3 Å². The number of aromatic hydroxyl groups is 1. The van der Waals surface area contributed by atoms with Gasteiger partial charge >= 0.3 is 0 Å². The second-order valence-electron chi connectivity index (χ2n) is 8.71. The van der Waals surface area contributed by atoms with Gasteiger partial charge in [-0.25, -0.2) is 0 Å². The van der Waals surface area contributed by atoms with Crippen molar-refractivity contribution in [1.29, 1.82) is 0 Å². The molecule has 3 heterocycles. The molecule has 0 aliphatic carbocycles. The molecular weight excluding hydrogens is 450 g/mol. The molecule has 174 valence electrons. The Balaban J connectivity index is 1.36. The number of nitrogens with zero attached hydrogens (tertiary/aromatic N) is 2. The van der Waals surface area contributed by atoms with E-state index in [0.717, 1.165) is 49.1 Å². The minimum Gasteiger partial charge on any atom is -0.494 e. The fourth-order valence-electron chi connectivity index (χ4n) is 4.44. The molecule has 0 saturated carbocycles. The molecule has 7 heteroatoms. The molecule has 4 aromatic rings.